The fourth-order valence-electron chi connectivity index (χ4n) is 2.70. The molecule has 136 valence electrons. The number of anilines is 1. The number of nitrogens with one attached hydrogen (secondary N) is 1. The van der Waals surface area contributed by atoms with E-state index in [1.807, 2.05) is 19.9 Å². The predicted molar refractivity (Wildman–Crippen MR) is 94.0 cm³/mol. The van der Waals surface area contributed by atoms with Crippen molar-refractivity contribution >= 4 is 15.7 Å². The largest absolute Gasteiger partial charge is 0.433 e. The molecule has 0 spiro atoms. The summed E-state index contributed by atoms with van der Waals surface area (Å²) < 4.78 is 57.9. The maximum absolute atomic E-state index is 12.9. The molecule has 0 amide bonds. The first-order chi connectivity index (χ1) is 11.5. The van der Waals surface area contributed by atoms with Crippen molar-refractivity contribution < 1.29 is 21.9 Å². The van der Waals surface area contributed by atoms with Crippen molar-refractivity contribution in [1.29, 1.82) is 0 Å². The molecule has 2 rings (SSSR count). The number of sulfonamides is 1. The summed E-state index contributed by atoms with van der Waals surface area (Å²) in [5.41, 5.74) is 3.64. The fraction of sp³-hybridized carbons (Fsp3) is 0.333. The molecule has 0 aliphatic carbocycles. The highest BCUT2D eigenvalue weighted by Gasteiger charge is 2.24. The van der Waals surface area contributed by atoms with Gasteiger partial charge in [0.25, 0.3) is 10.0 Å². The molecule has 0 bridgehead atoms. The summed E-state index contributed by atoms with van der Waals surface area (Å²) >= 11 is 0. The van der Waals surface area contributed by atoms with Gasteiger partial charge < -0.3 is 4.74 Å². The third-order valence-corrected chi connectivity index (χ3v) is 5.80. The first kappa shape index (κ1) is 19.2. The quantitative estimate of drug-likeness (QED) is 0.836. The van der Waals surface area contributed by atoms with Crippen molar-refractivity contribution in [2.45, 2.75) is 46.1 Å². The van der Waals surface area contributed by atoms with Gasteiger partial charge in [0.05, 0.1) is 10.6 Å². The molecule has 2 aromatic rings. The molecule has 0 atom stereocenters. The minimum atomic E-state index is -3.97. The summed E-state index contributed by atoms with van der Waals surface area (Å²) in [4.78, 5) is 0.162. The van der Waals surface area contributed by atoms with Gasteiger partial charge in [-0.15, -0.1) is 0 Å². The summed E-state index contributed by atoms with van der Waals surface area (Å²) in [6.45, 7) is 5.80. The SMILES string of the molecule is Cc1ccc(OC(F)F)c(NS(=O)(=O)c2c(C)c(C)cc(C)c2C)c1. The smallest absolute Gasteiger partial charge is 0.387 e. The number of hydrogen-bond donors (Lipinski definition) is 1. The van der Waals surface area contributed by atoms with Gasteiger partial charge in [-0.1, -0.05) is 12.1 Å². The van der Waals surface area contributed by atoms with E-state index >= 15 is 0 Å². The van der Waals surface area contributed by atoms with Gasteiger partial charge in [-0.3, -0.25) is 4.72 Å². The molecule has 0 aliphatic rings. The summed E-state index contributed by atoms with van der Waals surface area (Å²) in [7, 11) is -3.97. The van der Waals surface area contributed by atoms with Crippen LogP contribution in [0.5, 0.6) is 5.75 Å². The van der Waals surface area contributed by atoms with Gasteiger partial charge in [-0.25, -0.2) is 8.42 Å². The number of benzene rings is 2. The standard InChI is InChI=1S/C18H21F2NO3S/c1-10-6-7-16(24-18(19)20)15(8-10)21-25(22,23)17-13(4)11(2)9-12(3)14(17)5/h6-9,18,21H,1-5H3. The van der Waals surface area contributed by atoms with Crippen molar-refractivity contribution in [3.8, 4) is 5.75 Å². The Morgan fingerprint density at radius 3 is 2.04 bits per heavy atom. The van der Waals surface area contributed by atoms with Gasteiger partial charge in [0.1, 0.15) is 5.75 Å². The van der Waals surface area contributed by atoms with Crippen LogP contribution in [-0.4, -0.2) is 15.0 Å². The molecule has 7 heteroatoms. The lowest BCUT2D eigenvalue weighted by atomic mass is 10.0. The number of alkyl halides is 2. The minimum Gasteiger partial charge on any atom is -0.433 e. The Balaban J connectivity index is 2.56. The van der Waals surface area contributed by atoms with Gasteiger partial charge in [0.2, 0.25) is 0 Å². The van der Waals surface area contributed by atoms with Crippen molar-refractivity contribution in [2.75, 3.05) is 4.72 Å². The molecule has 1 N–H and O–H groups in total. The summed E-state index contributed by atoms with van der Waals surface area (Å²) in [6, 6.07) is 6.27. The second-order valence-electron chi connectivity index (χ2n) is 6.07. The zero-order valence-electron chi connectivity index (χ0n) is 14.8. The average molecular weight is 369 g/mol. The molecule has 0 saturated carbocycles. The molecule has 0 saturated heterocycles. The van der Waals surface area contributed by atoms with Crippen LogP contribution in [0, 0.1) is 34.6 Å². The van der Waals surface area contributed by atoms with E-state index in [4.69, 9.17) is 0 Å². The lowest BCUT2D eigenvalue weighted by Crippen LogP contribution is -2.18. The Hall–Kier alpha value is -2.15. The lowest BCUT2D eigenvalue weighted by Gasteiger charge is -2.18. The van der Waals surface area contributed by atoms with E-state index in [0.717, 1.165) is 11.1 Å². The second-order valence-corrected chi connectivity index (χ2v) is 7.69. The summed E-state index contributed by atoms with van der Waals surface area (Å²) in [6.07, 6.45) is 0. The highest BCUT2D eigenvalue weighted by Crippen LogP contribution is 2.32. The van der Waals surface area contributed by atoms with Crippen molar-refractivity contribution in [1.82, 2.24) is 0 Å². The van der Waals surface area contributed by atoms with Crippen LogP contribution in [-0.2, 0) is 10.0 Å². The maximum atomic E-state index is 12.9. The van der Waals surface area contributed by atoms with E-state index in [1.54, 1.807) is 26.8 Å². The van der Waals surface area contributed by atoms with E-state index in [1.165, 1.54) is 12.1 Å². The zero-order valence-corrected chi connectivity index (χ0v) is 15.6. The predicted octanol–water partition coefficient (Wildman–Crippen LogP) is 4.63. The number of rotatable bonds is 5. The second kappa shape index (κ2) is 7.00. The Kier molecular flexibility index (Phi) is 5.37. The van der Waals surface area contributed by atoms with Gasteiger partial charge in [0, 0.05) is 0 Å². The molecule has 0 heterocycles. The van der Waals surface area contributed by atoms with Gasteiger partial charge >= 0.3 is 6.61 Å². The Bertz CT molecular complexity index is 883. The van der Waals surface area contributed by atoms with E-state index in [0.29, 0.717) is 16.7 Å². The van der Waals surface area contributed by atoms with Crippen LogP contribution in [0.3, 0.4) is 0 Å². The van der Waals surface area contributed by atoms with E-state index < -0.39 is 16.6 Å². The molecular formula is C18H21F2NO3S. The highest BCUT2D eigenvalue weighted by molar-refractivity contribution is 7.92. The van der Waals surface area contributed by atoms with Crippen LogP contribution in [0.2, 0.25) is 0 Å². The van der Waals surface area contributed by atoms with Gasteiger partial charge in [-0.2, -0.15) is 8.78 Å². The zero-order chi connectivity index (χ0) is 18.9. The maximum Gasteiger partial charge on any atom is 0.387 e. The molecule has 25 heavy (non-hydrogen) atoms. The monoisotopic (exact) mass is 369 g/mol. The van der Waals surface area contributed by atoms with Crippen LogP contribution in [0.25, 0.3) is 0 Å². The Morgan fingerprint density at radius 1 is 0.960 bits per heavy atom. The van der Waals surface area contributed by atoms with E-state index in [-0.39, 0.29) is 16.3 Å². The van der Waals surface area contributed by atoms with Crippen LogP contribution in [0.4, 0.5) is 14.5 Å². The number of ether oxygens (including phenoxy) is 1. The molecule has 0 fully saturated rings. The van der Waals surface area contributed by atoms with Gasteiger partial charge in [-0.05, 0) is 74.6 Å². The molecule has 0 aliphatic heterocycles. The first-order valence-electron chi connectivity index (χ1n) is 7.68. The van der Waals surface area contributed by atoms with E-state index in [2.05, 4.69) is 9.46 Å². The molecule has 4 nitrogen and oxygen atoms in total. The van der Waals surface area contributed by atoms with Crippen molar-refractivity contribution in [3.63, 3.8) is 0 Å². The number of halogens is 2. The van der Waals surface area contributed by atoms with Crippen LogP contribution >= 0.6 is 0 Å². The Labute approximate surface area is 146 Å². The highest BCUT2D eigenvalue weighted by atomic mass is 32.2. The van der Waals surface area contributed by atoms with Crippen molar-refractivity contribution in [2.24, 2.45) is 0 Å². The first-order valence-corrected chi connectivity index (χ1v) is 9.17. The third-order valence-electron chi connectivity index (χ3n) is 4.16. The topological polar surface area (TPSA) is 55.4 Å². The summed E-state index contributed by atoms with van der Waals surface area (Å²) in [5.74, 6) is -0.219. The fourth-order valence-corrected chi connectivity index (χ4v) is 4.38. The number of hydrogen-bond acceptors (Lipinski definition) is 3. The molecule has 0 unspecified atom stereocenters. The molecular weight excluding hydrogens is 348 g/mol. The van der Waals surface area contributed by atoms with E-state index in [9.17, 15) is 17.2 Å². The molecule has 0 aromatic heterocycles. The van der Waals surface area contributed by atoms with Crippen LogP contribution in [0.1, 0.15) is 27.8 Å². The third kappa shape index (κ3) is 4.10. The molecule has 0 radical (unpaired) electrons. The molecule has 2 aromatic carbocycles. The van der Waals surface area contributed by atoms with Crippen LogP contribution < -0.4 is 9.46 Å². The normalized spacial score (nSPS) is 11.7. The number of aryl methyl sites for hydroxylation is 3. The summed E-state index contributed by atoms with van der Waals surface area (Å²) in [5, 5.41) is 0. The van der Waals surface area contributed by atoms with Crippen LogP contribution in [0.15, 0.2) is 29.2 Å². The Morgan fingerprint density at radius 2 is 1.52 bits per heavy atom. The lowest BCUT2D eigenvalue weighted by molar-refractivity contribution is -0.0493. The minimum absolute atomic E-state index is 0.0155. The van der Waals surface area contributed by atoms with Gasteiger partial charge in [0.15, 0.2) is 0 Å². The van der Waals surface area contributed by atoms with Crippen molar-refractivity contribution in [3.05, 3.63) is 52.1 Å². The average Bonchev–Trinajstić information content (AvgIpc) is 2.47.